The first-order valence-corrected chi connectivity index (χ1v) is 6.00. The number of nitro groups is 1. The zero-order chi connectivity index (χ0) is 14.0. The molecule has 0 unspecified atom stereocenters. The van der Waals surface area contributed by atoms with Gasteiger partial charge in [0.1, 0.15) is 6.20 Å². The summed E-state index contributed by atoms with van der Waals surface area (Å²) in [5, 5.41) is 13.9. The summed E-state index contributed by atoms with van der Waals surface area (Å²) in [6, 6.07) is 0. The number of nitrogens with one attached hydrogen (secondary N) is 1. The quantitative estimate of drug-likeness (QED) is 0.646. The molecule has 0 aromatic carbocycles. The molecule has 2 rings (SSSR count). The van der Waals surface area contributed by atoms with Crippen LogP contribution in [-0.4, -0.2) is 47.2 Å². The Bertz CT molecular complexity index is 491. The molecule has 1 aliphatic heterocycles. The van der Waals surface area contributed by atoms with Gasteiger partial charge in [0.25, 0.3) is 0 Å². The van der Waals surface area contributed by atoms with Crippen molar-refractivity contribution in [2.45, 2.75) is 19.4 Å². The highest BCUT2D eigenvalue weighted by Crippen LogP contribution is 2.32. The Hall–Kier alpha value is -1.96. The Morgan fingerprint density at radius 1 is 1.58 bits per heavy atom. The third-order valence-corrected chi connectivity index (χ3v) is 3.07. The molecule has 19 heavy (non-hydrogen) atoms. The Morgan fingerprint density at radius 3 is 2.89 bits per heavy atom. The molecule has 1 aromatic heterocycles. The Labute approximate surface area is 110 Å². The zero-order valence-electron chi connectivity index (χ0n) is 11.2. The average molecular weight is 267 g/mol. The maximum atomic E-state index is 11.1. The second-order valence-corrected chi connectivity index (χ2v) is 4.93. The van der Waals surface area contributed by atoms with E-state index in [0.29, 0.717) is 31.5 Å². The molecule has 0 amide bonds. The number of rotatable bonds is 3. The van der Waals surface area contributed by atoms with Gasteiger partial charge in [-0.05, 0) is 13.8 Å². The minimum Gasteiger partial charge on any atom is -0.377 e. The maximum absolute atomic E-state index is 11.1. The van der Waals surface area contributed by atoms with Crippen LogP contribution in [-0.2, 0) is 4.74 Å². The van der Waals surface area contributed by atoms with Crippen LogP contribution in [0.25, 0.3) is 0 Å². The fourth-order valence-corrected chi connectivity index (χ4v) is 2.07. The van der Waals surface area contributed by atoms with Crippen LogP contribution in [0.4, 0.5) is 17.5 Å². The Morgan fingerprint density at radius 2 is 2.32 bits per heavy atom. The van der Waals surface area contributed by atoms with Crippen molar-refractivity contribution in [2.75, 3.05) is 37.0 Å². The van der Waals surface area contributed by atoms with Gasteiger partial charge in [-0.2, -0.15) is 4.98 Å². The number of ether oxygens (including phenoxy) is 1. The van der Waals surface area contributed by atoms with E-state index in [1.165, 1.54) is 6.20 Å². The number of hydrogen-bond acceptors (Lipinski definition) is 7. The van der Waals surface area contributed by atoms with Crippen LogP contribution >= 0.6 is 0 Å². The normalized spacial score (nSPS) is 18.2. The summed E-state index contributed by atoms with van der Waals surface area (Å²) in [4.78, 5) is 20.7. The molecule has 104 valence electrons. The highest BCUT2D eigenvalue weighted by Gasteiger charge is 2.36. The molecule has 1 fully saturated rings. The van der Waals surface area contributed by atoms with Crippen molar-refractivity contribution >= 4 is 17.5 Å². The summed E-state index contributed by atoms with van der Waals surface area (Å²) in [5.41, 5.74) is -0.434. The third kappa shape index (κ3) is 2.58. The smallest absolute Gasteiger partial charge is 0.329 e. The minimum absolute atomic E-state index is 0.0889. The zero-order valence-corrected chi connectivity index (χ0v) is 11.2. The second-order valence-electron chi connectivity index (χ2n) is 4.93. The molecule has 0 saturated carbocycles. The molecular formula is C11H17N5O3. The van der Waals surface area contributed by atoms with Gasteiger partial charge < -0.3 is 15.0 Å². The van der Waals surface area contributed by atoms with Crippen LogP contribution in [0.15, 0.2) is 6.20 Å². The lowest BCUT2D eigenvalue weighted by Gasteiger charge is -2.42. The largest absolute Gasteiger partial charge is 0.377 e. The summed E-state index contributed by atoms with van der Waals surface area (Å²) in [5.74, 6) is 0.695. The van der Waals surface area contributed by atoms with Gasteiger partial charge in [0.15, 0.2) is 0 Å². The molecule has 2 heterocycles. The van der Waals surface area contributed by atoms with E-state index in [2.05, 4.69) is 15.3 Å². The van der Waals surface area contributed by atoms with Crippen molar-refractivity contribution in [2.24, 2.45) is 0 Å². The molecule has 8 heteroatoms. The fourth-order valence-electron chi connectivity index (χ4n) is 2.07. The van der Waals surface area contributed by atoms with Crippen LogP contribution in [0.2, 0.25) is 0 Å². The van der Waals surface area contributed by atoms with Gasteiger partial charge in [-0.3, -0.25) is 10.1 Å². The lowest BCUT2D eigenvalue weighted by molar-refractivity contribution is -0.384. The monoisotopic (exact) mass is 267 g/mol. The number of nitrogens with zero attached hydrogens (tertiary/aromatic N) is 4. The van der Waals surface area contributed by atoms with Crippen LogP contribution in [0, 0.1) is 10.1 Å². The van der Waals surface area contributed by atoms with Crippen LogP contribution < -0.4 is 10.2 Å². The summed E-state index contributed by atoms with van der Waals surface area (Å²) in [7, 11) is 1.68. The molecule has 0 radical (unpaired) electrons. The standard InChI is InChI=1S/C11H17N5O3/c1-11(2)7-19-5-4-15(11)9-8(16(17)18)6-13-10(12-3)14-9/h6H,4-5,7H2,1-3H3,(H,12,13,14). The molecule has 1 aromatic rings. The number of morpholine rings is 1. The first kappa shape index (κ1) is 13.5. The van der Waals surface area contributed by atoms with E-state index in [4.69, 9.17) is 4.74 Å². The molecular weight excluding hydrogens is 250 g/mol. The lowest BCUT2D eigenvalue weighted by atomic mass is 10.0. The average Bonchev–Trinajstić information content (AvgIpc) is 2.37. The first-order valence-electron chi connectivity index (χ1n) is 6.00. The maximum Gasteiger partial charge on any atom is 0.329 e. The van der Waals surface area contributed by atoms with Gasteiger partial charge in [-0.1, -0.05) is 0 Å². The molecule has 8 nitrogen and oxygen atoms in total. The molecule has 1 saturated heterocycles. The summed E-state index contributed by atoms with van der Waals surface area (Å²) < 4.78 is 5.42. The van der Waals surface area contributed by atoms with E-state index in [-0.39, 0.29) is 11.2 Å². The molecule has 1 aliphatic rings. The van der Waals surface area contributed by atoms with Crippen molar-refractivity contribution < 1.29 is 9.66 Å². The van der Waals surface area contributed by atoms with Crippen molar-refractivity contribution in [3.05, 3.63) is 16.3 Å². The van der Waals surface area contributed by atoms with E-state index in [0.717, 1.165) is 0 Å². The Kier molecular flexibility index (Phi) is 3.52. The van der Waals surface area contributed by atoms with Gasteiger partial charge in [0.05, 0.1) is 23.7 Å². The Balaban J connectivity index is 2.49. The predicted octanol–water partition coefficient (Wildman–Crippen LogP) is 1.04. The highest BCUT2D eigenvalue weighted by atomic mass is 16.6. The van der Waals surface area contributed by atoms with Gasteiger partial charge in [-0.25, -0.2) is 4.98 Å². The highest BCUT2D eigenvalue weighted by molar-refractivity contribution is 5.60. The lowest BCUT2D eigenvalue weighted by Crippen LogP contribution is -2.53. The number of hydrogen-bond donors (Lipinski definition) is 1. The van der Waals surface area contributed by atoms with Crippen LogP contribution in [0.3, 0.4) is 0 Å². The first-order chi connectivity index (χ1) is 8.95. The van der Waals surface area contributed by atoms with E-state index in [1.807, 2.05) is 18.7 Å². The molecule has 0 atom stereocenters. The van der Waals surface area contributed by atoms with Gasteiger partial charge in [-0.15, -0.1) is 0 Å². The van der Waals surface area contributed by atoms with Crippen LogP contribution in [0.5, 0.6) is 0 Å². The van der Waals surface area contributed by atoms with Gasteiger partial charge in [0.2, 0.25) is 11.8 Å². The fraction of sp³-hybridized carbons (Fsp3) is 0.636. The van der Waals surface area contributed by atoms with Crippen molar-refractivity contribution in [1.82, 2.24) is 9.97 Å². The summed E-state index contributed by atoms with van der Waals surface area (Å²) in [6.45, 7) is 5.53. The van der Waals surface area contributed by atoms with E-state index >= 15 is 0 Å². The third-order valence-electron chi connectivity index (χ3n) is 3.07. The van der Waals surface area contributed by atoms with E-state index in [9.17, 15) is 10.1 Å². The van der Waals surface area contributed by atoms with Crippen molar-refractivity contribution in [3.8, 4) is 0 Å². The molecule has 1 N–H and O–H groups in total. The second kappa shape index (κ2) is 4.96. The van der Waals surface area contributed by atoms with Gasteiger partial charge >= 0.3 is 5.69 Å². The SMILES string of the molecule is CNc1ncc([N+](=O)[O-])c(N2CCOCC2(C)C)n1. The molecule has 0 aliphatic carbocycles. The van der Waals surface area contributed by atoms with Gasteiger partial charge in [0, 0.05) is 13.6 Å². The van der Waals surface area contributed by atoms with Crippen LogP contribution in [0.1, 0.15) is 13.8 Å². The number of aromatic nitrogens is 2. The molecule has 0 spiro atoms. The number of anilines is 2. The summed E-state index contributed by atoms with van der Waals surface area (Å²) in [6.07, 6.45) is 1.24. The predicted molar refractivity (Wildman–Crippen MR) is 70.5 cm³/mol. The minimum atomic E-state index is -0.458. The van der Waals surface area contributed by atoms with Crippen molar-refractivity contribution in [1.29, 1.82) is 0 Å². The molecule has 0 bridgehead atoms. The van der Waals surface area contributed by atoms with Crippen molar-refractivity contribution in [3.63, 3.8) is 0 Å². The topological polar surface area (TPSA) is 93.4 Å². The van der Waals surface area contributed by atoms with E-state index < -0.39 is 4.92 Å². The summed E-state index contributed by atoms with van der Waals surface area (Å²) >= 11 is 0. The van der Waals surface area contributed by atoms with E-state index in [1.54, 1.807) is 7.05 Å².